The smallest absolute Gasteiger partial charge is 0.274 e. The molecule has 0 spiro atoms. The number of ether oxygens (including phenoxy) is 2. The number of aryl methyl sites for hydroxylation is 1. The van der Waals surface area contributed by atoms with E-state index >= 15 is 0 Å². The molecule has 0 aliphatic heterocycles. The Bertz CT molecular complexity index is 993. The fourth-order valence-electron chi connectivity index (χ4n) is 2.54. The first-order valence-corrected chi connectivity index (χ1v) is 8.40. The van der Waals surface area contributed by atoms with Gasteiger partial charge < -0.3 is 20.1 Å². The minimum Gasteiger partial charge on any atom is -0.493 e. The largest absolute Gasteiger partial charge is 0.493 e. The molecule has 2 aromatic carbocycles. The number of anilines is 3. The first-order valence-electron chi connectivity index (χ1n) is 8.40. The number of aromatic nitrogens is 2. The van der Waals surface area contributed by atoms with Gasteiger partial charge >= 0.3 is 0 Å². The van der Waals surface area contributed by atoms with Crippen molar-refractivity contribution in [1.82, 2.24) is 9.97 Å². The highest BCUT2D eigenvalue weighted by Gasteiger charge is 2.12. The molecule has 7 nitrogen and oxygen atoms in total. The molecule has 144 valence electrons. The van der Waals surface area contributed by atoms with Crippen LogP contribution < -0.4 is 20.1 Å². The second-order valence-corrected chi connectivity index (χ2v) is 5.84. The van der Waals surface area contributed by atoms with Crippen molar-refractivity contribution in [2.24, 2.45) is 0 Å². The topological polar surface area (TPSA) is 85.4 Å². The summed E-state index contributed by atoms with van der Waals surface area (Å²) >= 11 is 0. The van der Waals surface area contributed by atoms with Crippen LogP contribution in [0.3, 0.4) is 0 Å². The van der Waals surface area contributed by atoms with Gasteiger partial charge in [0.2, 0.25) is 0 Å². The minimum atomic E-state index is -0.424. The molecule has 0 aliphatic carbocycles. The highest BCUT2D eigenvalue weighted by molar-refractivity contribution is 6.03. The predicted molar refractivity (Wildman–Crippen MR) is 104 cm³/mol. The first-order chi connectivity index (χ1) is 13.5. The van der Waals surface area contributed by atoms with E-state index in [-0.39, 0.29) is 11.5 Å². The molecule has 2 N–H and O–H groups in total. The molecule has 1 amide bonds. The average molecular weight is 382 g/mol. The van der Waals surface area contributed by atoms with Crippen molar-refractivity contribution < 1.29 is 18.7 Å². The van der Waals surface area contributed by atoms with E-state index in [0.717, 1.165) is 0 Å². The quantitative estimate of drug-likeness (QED) is 0.672. The van der Waals surface area contributed by atoms with E-state index in [1.807, 2.05) is 0 Å². The van der Waals surface area contributed by atoms with E-state index in [1.165, 1.54) is 30.3 Å². The number of nitrogens with zero attached hydrogens (tertiary/aromatic N) is 2. The fraction of sp³-hybridized carbons (Fsp3) is 0.150. The van der Waals surface area contributed by atoms with Gasteiger partial charge in [0.05, 0.1) is 14.2 Å². The highest BCUT2D eigenvalue weighted by Crippen LogP contribution is 2.30. The molecule has 0 radical (unpaired) electrons. The molecule has 0 aliphatic rings. The van der Waals surface area contributed by atoms with Crippen molar-refractivity contribution in [2.75, 3.05) is 24.9 Å². The normalized spacial score (nSPS) is 10.3. The zero-order chi connectivity index (χ0) is 20.1. The van der Waals surface area contributed by atoms with Gasteiger partial charge in [0.1, 0.15) is 23.2 Å². The lowest BCUT2D eigenvalue weighted by molar-refractivity contribution is 0.102. The molecule has 8 heteroatoms. The molecule has 0 fully saturated rings. The number of hydrogen-bond donors (Lipinski definition) is 2. The summed E-state index contributed by atoms with van der Waals surface area (Å²) in [6, 6.07) is 12.3. The van der Waals surface area contributed by atoms with Gasteiger partial charge in [-0.25, -0.2) is 14.4 Å². The summed E-state index contributed by atoms with van der Waals surface area (Å²) < 4.78 is 23.5. The summed E-state index contributed by atoms with van der Waals surface area (Å²) in [7, 11) is 3.11. The lowest BCUT2D eigenvalue weighted by Gasteiger charge is -2.12. The maximum absolute atomic E-state index is 13.0. The SMILES string of the molecule is COc1ccc(Nc2cc(C(=O)Nc3ccc(F)cc3)nc(C)n2)cc1OC. The third kappa shape index (κ3) is 4.53. The Labute approximate surface area is 161 Å². The molecule has 1 aromatic heterocycles. The second kappa shape index (κ2) is 8.34. The number of methoxy groups -OCH3 is 2. The Kier molecular flexibility index (Phi) is 5.69. The number of nitrogens with one attached hydrogen (secondary N) is 2. The maximum Gasteiger partial charge on any atom is 0.274 e. The van der Waals surface area contributed by atoms with Crippen LogP contribution in [0.4, 0.5) is 21.6 Å². The van der Waals surface area contributed by atoms with Gasteiger partial charge in [0.15, 0.2) is 11.5 Å². The van der Waals surface area contributed by atoms with Crippen LogP contribution in [0.1, 0.15) is 16.3 Å². The summed E-state index contributed by atoms with van der Waals surface area (Å²) in [5.41, 5.74) is 1.36. The summed E-state index contributed by atoms with van der Waals surface area (Å²) in [6.45, 7) is 1.69. The highest BCUT2D eigenvalue weighted by atomic mass is 19.1. The van der Waals surface area contributed by atoms with Crippen LogP contribution in [0.2, 0.25) is 0 Å². The monoisotopic (exact) mass is 382 g/mol. The Balaban J connectivity index is 1.81. The van der Waals surface area contributed by atoms with E-state index in [0.29, 0.717) is 34.5 Å². The summed E-state index contributed by atoms with van der Waals surface area (Å²) in [5, 5.41) is 5.80. The second-order valence-electron chi connectivity index (χ2n) is 5.84. The standard InChI is InChI=1S/C20H19FN4O3/c1-12-22-16(20(26)25-14-6-4-13(21)5-7-14)11-19(23-12)24-15-8-9-17(27-2)18(10-15)28-3/h4-11H,1-3H3,(H,25,26)(H,22,23,24). The Morgan fingerprint density at radius 3 is 2.29 bits per heavy atom. The van der Waals surface area contributed by atoms with Crippen LogP contribution in [0.25, 0.3) is 0 Å². The van der Waals surface area contributed by atoms with Crippen molar-refractivity contribution >= 4 is 23.1 Å². The van der Waals surface area contributed by atoms with E-state index in [9.17, 15) is 9.18 Å². The molecule has 28 heavy (non-hydrogen) atoms. The van der Waals surface area contributed by atoms with Gasteiger partial charge in [0.25, 0.3) is 5.91 Å². The Morgan fingerprint density at radius 2 is 1.61 bits per heavy atom. The molecule has 0 saturated carbocycles. The van der Waals surface area contributed by atoms with Gasteiger partial charge in [-0.3, -0.25) is 4.79 Å². The summed E-state index contributed by atoms with van der Waals surface area (Å²) in [4.78, 5) is 21.0. The van der Waals surface area contributed by atoms with E-state index in [1.54, 1.807) is 39.3 Å². The fourth-order valence-corrected chi connectivity index (χ4v) is 2.54. The molecule has 3 aromatic rings. The number of halogens is 1. The third-order valence-electron chi connectivity index (χ3n) is 3.83. The van der Waals surface area contributed by atoms with Gasteiger partial charge in [-0.1, -0.05) is 0 Å². The zero-order valence-electron chi connectivity index (χ0n) is 15.6. The number of carbonyl (C=O) groups is 1. The number of benzene rings is 2. The summed E-state index contributed by atoms with van der Waals surface area (Å²) in [5.74, 6) is 1.24. The van der Waals surface area contributed by atoms with Gasteiger partial charge in [-0.05, 0) is 43.3 Å². The molecule has 3 rings (SSSR count). The minimum absolute atomic E-state index is 0.180. The molecular weight excluding hydrogens is 363 g/mol. The summed E-state index contributed by atoms with van der Waals surface area (Å²) in [6.07, 6.45) is 0. The van der Waals surface area contributed by atoms with Crippen LogP contribution >= 0.6 is 0 Å². The van der Waals surface area contributed by atoms with Crippen LogP contribution in [-0.2, 0) is 0 Å². The van der Waals surface area contributed by atoms with Crippen molar-refractivity contribution in [3.8, 4) is 11.5 Å². The van der Waals surface area contributed by atoms with Gasteiger partial charge in [-0.15, -0.1) is 0 Å². The molecule has 0 atom stereocenters. The lowest BCUT2D eigenvalue weighted by Crippen LogP contribution is -2.15. The molecular formula is C20H19FN4O3. The predicted octanol–water partition coefficient (Wildman–Crippen LogP) is 3.94. The number of amides is 1. The third-order valence-corrected chi connectivity index (χ3v) is 3.83. The first kappa shape index (κ1) is 19.1. The Morgan fingerprint density at radius 1 is 0.929 bits per heavy atom. The molecule has 0 unspecified atom stereocenters. The van der Waals surface area contributed by atoms with Crippen LogP contribution in [0.5, 0.6) is 11.5 Å². The van der Waals surface area contributed by atoms with Crippen LogP contribution in [-0.4, -0.2) is 30.1 Å². The van der Waals surface area contributed by atoms with Crippen LogP contribution in [0, 0.1) is 12.7 Å². The van der Waals surface area contributed by atoms with E-state index < -0.39 is 5.91 Å². The molecule has 0 bridgehead atoms. The van der Waals surface area contributed by atoms with E-state index in [4.69, 9.17) is 9.47 Å². The molecule has 1 heterocycles. The van der Waals surface area contributed by atoms with Crippen molar-refractivity contribution in [3.63, 3.8) is 0 Å². The van der Waals surface area contributed by atoms with Crippen molar-refractivity contribution in [2.45, 2.75) is 6.92 Å². The zero-order valence-corrected chi connectivity index (χ0v) is 15.6. The molecule has 0 saturated heterocycles. The maximum atomic E-state index is 13.0. The number of hydrogen-bond acceptors (Lipinski definition) is 6. The van der Waals surface area contributed by atoms with Crippen molar-refractivity contribution in [1.29, 1.82) is 0 Å². The van der Waals surface area contributed by atoms with Gasteiger partial charge in [-0.2, -0.15) is 0 Å². The van der Waals surface area contributed by atoms with Crippen molar-refractivity contribution in [3.05, 3.63) is 65.9 Å². The van der Waals surface area contributed by atoms with E-state index in [2.05, 4.69) is 20.6 Å². The number of carbonyl (C=O) groups excluding carboxylic acids is 1. The number of rotatable bonds is 6. The van der Waals surface area contributed by atoms with Crippen LogP contribution in [0.15, 0.2) is 48.5 Å². The lowest BCUT2D eigenvalue weighted by atomic mass is 10.2. The van der Waals surface area contributed by atoms with Gasteiger partial charge in [0, 0.05) is 23.5 Å². The Hall–Kier alpha value is -3.68. The average Bonchev–Trinajstić information content (AvgIpc) is 2.69.